The molecule has 126 valence electrons. The zero-order chi connectivity index (χ0) is 16.9. The summed E-state index contributed by atoms with van der Waals surface area (Å²) in [6.07, 6.45) is 1.88. The highest BCUT2D eigenvalue weighted by atomic mass is 32.1. The van der Waals surface area contributed by atoms with Crippen LogP contribution in [0.2, 0.25) is 0 Å². The quantitative estimate of drug-likeness (QED) is 0.543. The maximum absolute atomic E-state index is 5.92. The molecule has 2 N–H and O–H groups in total. The molecule has 1 aromatic carbocycles. The number of rotatable bonds is 5. The van der Waals surface area contributed by atoms with Crippen molar-refractivity contribution in [3.63, 3.8) is 0 Å². The molecule has 0 amide bonds. The van der Waals surface area contributed by atoms with Crippen molar-refractivity contribution < 1.29 is 4.42 Å². The van der Waals surface area contributed by atoms with Crippen molar-refractivity contribution in [2.45, 2.75) is 33.4 Å². The molecule has 1 unspecified atom stereocenters. The Balaban J connectivity index is 1.71. The van der Waals surface area contributed by atoms with Crippen LogP contribution in [-0.4, -0.2) is 17.5 Å². The summed E-state index contributed by atoms with van der Waals surface area (Å²) in [5, 5.41) is 8.79. The Morgan fingerprint density at radius 1 is 1.38 bits per heavy atom. The zero-order valence-electron chi connectivity index (χ0n) is 14.2. The molecule has 3 aromatic rings. The fourth-order valence-corrected chi connectivity index (χ4v) is 3.14. The molecule has 3 rings (SSSR count). The summed E-state index contributed by atoms with van der Waals surface area (Å²) in [5.41, 5.74) is 0.904. The van der Waals surface area contributed by atoms with Gasteiger partial charge in [0, 0.05) is 23.0 Å². The van der Waals surface area contributed by atoms with Crippen LogP contribution in [0.3, 0.4) is 0 Å². The number of thiazole rings is 1. The average molecular weight is 342 g/mol. The van der Waals surface area contributed by atoms with Crippen LogP contribution in [0.1, 0.15) is 35.5 Å². The van der Waals surface area contributed by atoms with Crippen molar-refractivity contribution in [1.82, 2.24) is 15.6 Å². The summed E-state index contributed by atoms with van der Waals surface area (Å²) in [5.74, 6) is 1.66. The molecule has 0 saturated carbocycles. The fourth-order valence-electron chi connectivity index (χ4n) is 2.43. The maximum Gasteiger partial charge on any atom is 0.192 e. The number of hydrogen-bond acceptors (Lipinski definition) is 4. The second-order valence-corrected chi connectivity index (χ2v) is 6.93. The molecule has 0 spiro atoms. The molecule has 0 aliphatic rings. The molecule has 0 aliphatic heterocycles. The number of guanidine groups is 1. The van der Waals surface area contributed by atoms with E-state index in [2.05, 4.69) is 53.5 Å². The van der Waals surface area contributed by atoms with Gasteiger partial charge in [-0.3, -0.25) is 0 Å². The first-order valence-corrected chi connectivity index (χ1v) is 8.92. The fraction of sp³-hybridized carbons (Fsp3) is 0.333. The molecule has 0 saturated heterocycles. The van der Waals surface area contributed by atoms with Gasteiger partial charge in [0.2, 0.25) is 0 Å². The third kappa shape index (κ3) is 3.94. The summed E-state index contributed by atoms with van der Waals surface area (Å²) in [7, 11) is 0. The van der Waals surface area contributed by atoms with E-state index >= 15 is 0 Å². The van der Waals surface area contributed by atoms with E-state index in [1.54, 1.807) is 11.3 Å². The minimum absolute atomic E-state index is 0.0215. The predicted octanol–water partition coefficient (Wildman–Crippen LogP) is 4.01. The van der Waals surface area contributed by atoms with E-state index < -0.39 is 0 Å². The molecular formula is C18H22N4OS. The van der Waals surface area contributed by atoms with E-state index in [9.17, 15) is 0 Å². The van der Waals surface area contributed by atoms with Gasteiger partial charge in [-0.05, 0) is 32.9 Å². The van der Waals surface area contributed by atoms with E-state index in [0.29, 0.717) is 6.54 Å². The van der Waals surface area contributed by atoms with Crippen molar-refractivity contribution in [3.8, 4) is 0 Å². The van der Waals surface area contributed by atoms with Crippen LogP contribution in [0.15, 0.2) is 45.9 Å². The van der Waals surface area contributed by atoms with Crippen LogP contribution in [0, 0.1) is 6.92 Å². The summed E-state index contributed by atoms with van der Waals surface area (Å²) in [6.45, 7) is 7.54. The molecule has 6 heteroatoms. The predicted molar refractivity (Wildman–Crippen MR) is 99.4 cm³/mol. The number of aliphatic imine (C=N–C) groups is 1. The Morgan fingerprint density at radius 3 is 2.92 bits per heavy atom. The monoisotopic (exact) mass is 342 g/mol. The van der Waals surface area contributed by atoms with E-state index in [1.807, 2.05) is 24.4 Å². The van der Waals surface area contributed by atoms with Crippen molar-refractivity contribution in [2.24, 2.45) is 4.99 Å². The number of hydrogen-bond donors (Lipinski definition) is 2. The van der Waals surface area contributed by atoms with E-state index in [1.165, 1.54) is 4.88 Å². The van der Waals surface area contributed by atoms with Crippen LogP contribution in [0.4, 0.5) is 0 Å². The molecular weight excluding hydrogens is 320 g/mol. The molecule has 1 atom stereocenters. The normalized spacial score (nSPS) is 13.2. The smallest absolute Gasteiger partial charge is 0.192 e. The Bertz CT molecular complexity index is 803. The van der Waals surface area contributed by atoms with Crippen molar-refractivity contribution in [1.29, 1.82) is 0 Å². The van der Waals surface area contributed by atoms with Crippen LogP contribution < -0.4 is 10.6 Å². The van der Waals surface area contributed by atoms with Gasteiger partial charge in [-0.25, -0.2) is 9.98 Å². The first kappa shape index (κ1) is 16.5. The Hall–Kier alpha value is -2.34. The number of furan rings is 1. The van der Waals surface area contributed by atoms with Gasteiger partial charge in [0.25, 0.3) is 0 Å². The summed E-state index contributed by atoms with van der Waals surface area (Å²) in [4.78, 5) is 10.2. The van der Waals surface area contributed by atoms with Gasteiger partial charge in [-0.15, -0.1) is 11.3 Å². The largest absolute Gasteiger partial charge is 0.459 e. The molecule has 2 aromatic heterocycles. The van der Waals surface area contributed by atoms with Gasteiger partial charge < -0.3 is 15.1 Å². The summed E-state index contributed by atoms with van der Waals surface area (Å²) >= 11 is 1.67. The highest BCUT2D eigenvalue weighted by Crippen LogP contribution is 2.23. The van der Waals surface area contributed by atoms with E-state index in [4.69, 9.17) is 4.42 Å². The minimum atomic E-state index is 0.0215. The lowest BCUT2D eigenvalue weighted by Gasteiger charge is -2.15. The van der Waals surface area contributed by atoms with Crippen LogP contribution in [0.25, 0.3) is 11.0 Å². The first-order valence-electron chi connectivity index (χ1n) is 8.10. The molecule has 24 heavy (non-hydrogen) atoms. The van der Waals surface area contributed by atoms with Gasteiger partial charge in [-0.2, -0.15) is 0 Å². The zero-order valence-corrected chi connectivity index (χ0v) is 15.0. The number of fused-ring (bicyclic) bond motifs is 1. The first-order chi connectivity index (χ1) is 11.7. The van der Waals surface area contributed by atoms with Crippen molar-refractivity contribution in [3.05, 3.63) is 52.2 Å². The van der Waals surface area contributed by atoms with E-state index in [-0.39, 0.29) is 6.04 Å². The standard InChI is InChI=1S/C18H22N4OS/c1-4-19-18(21-11-17-20-10-12(2)24-17)22-13(3)16-9-14-7-5-6-8-15(14)23-16/h5-10,13H,4,11H2,1-3H3,(H2,19,21,22). The molecule has 0 bridgehead atoms. The lowest BCUT2D eigenvalue weighted by Crippen LogP contribution is -2.38. The summed E-state index contributed by atoms with van der Waals surface area (Å²) < 4.78 is 5.92. The SMILES string of the molecule is CCNC(=NCc1ncc(C)s1)NC(C)c1cc2ccccc2o1. The van der Waals surface area contributed by atoms with Crippen molar-refractivity contribution >= 4 is 28.3 Å². The number of nitrogens with zero attached hydrogens (tertiary/aromatic N) is 2. The molecule has 0 aliphatic carbocycles. The van der Waals surface area contributed by atoms with Gasteiger partial charge in [0.1, 0.15) is 16.4 Å². The van der Waals surface area contributed by atoms with Gasteiger partial charge in [0.05, 0.1) is 12.6 Å². The van der Waals surface area contributed by atoms with Crippen LogP contribution >= 0.6 is 11.3 Å². The maximum atomic E-state index is 5.92. The Kier molecular flexibility index (Phi) is 5.15. The molecule has 0 radical (unpaired) electrons. The number of aromatic nitrogens is 1. The second kappa shape index (κ2) is 7.49. The average Bonchev–Trinajstić information content (AvgIpc) is 3.18. The Morgan fingerprint density at radius 2 is 2.21 bits per heavy atom. The highest BCUT2D eigenvalue weighted by Gasteiger charge is 2.13. The topological polar surface area (TPSA) is 62.5 Å². The van der Waals surface area contributed by atoms with Crippen LogP contribution in [-0.2, 0) is 6.54 Å². The third-order valence-electron chi connectivity index (χ3n) is 3.61. The van der Waals surface area contributed by atoms with Gasteiger partial charge in [0.15, 0.2) is 5.96 Å². The number of para-hydroxylation sites is 1. The van der Waals surface area contributed by atoms with Gasteiger partial charge >= 0.3 is 0 Å². The number of aryl methyl sites for hydroxylation is 1. The number of benzene rings is 1. The van der Waals surface area contributed by atoms with Crippen LogP contribution in [0.5, 0.6) is 0 Å². The minimum Gasteiger partial charge on any atom is -0.459 e. The molecule has 2 heterocycles. The number of nitrogens with one attached hydrogen (secondary N) is 2. The molecule has 0 fully saturated rings. The summed E-state index contributed by atoms with van der Waals surface area (Å²) in [6, 6.07) is 10.1. The molecule has 5 nitrogen and oxygen atoms in total. The highest BCUT2D eigenvalue weighted by molar-refractivity contribution is 7.11. The third-order valence-corrected chi connectivity index (χ3v) is 4.51. The lowest BCUT2D eigenvalue weighted by molar-refractivity contribution is 0.488. The second-order valence-electron chi connectivity index (χ2n) is 5.61. The lowest BCUT2D eigenvalue weighted by atomic mass is 10.2. The van der Waals surface area contributed by atoms with Gasteiger partial charge in [-0.1, -0.05) is 18.2 Å². The van der Waals surface area contributed by atoms with Crippen molar-refractivity contribution in [2.75, 3.05) is 6.54 Å². The Labute approximate surface area is 145 Å². The van der Waals surface area contributed by atoms with E-state index in [0.717, 1.165) is 34.2 Å².